The van der Waals surface area contributed by atoms with Crippen molar-refractivity contribution in [1.82, 2.24) is 14.8 Å². The first-order chi connectivity index (χ1) is 13.5. The molecule has 0 saturated heterocycles. The van der Waals surface area contributed by atoms with Gasteiger partial charge in [0.05, 0.1) is 23.4 Å². The quantitative estimate of drug-likeness (QED) is 0.678. The van der Waals surface area contributed by atoms with Crippen LogP contribution in [-0.2, 0) is 24.6 Å². The van der Waals surface area contributed by atoms with E-state index in [1.165, 1.54) is 22.4 Å². The molecule has 8 heteroatoms. The van der Waals surface area contributed by atoms with E-state index in [0.29, 0.717) is 22.7 Å². The summed E-state index contributed by atoms with van der Waals surface area (Å²) in [5.74, 6) is -0.657. The number of ether oxygens (including phenoxy) is 1. The topological polar surface area (TPSA) is 86.1 Å². The van der Waals surface area contributed by atoms with Crippen molar-refractivity contribution in [2.75, 3.05) is 11.9 Å². The van der Waals surface area contributed by atoms with Gasteiger partial charge in [-0.2, -0.15) is 5.10 Å². The van der Waals surface area contributed by atoms with Crippen molar-refractivity contribution in [1.29, 1.82) is 0 Å². The number of hydrogen-bond donors (Lipinski definition) is 1. The molecule has 0 bridgehead atoms. The van der Waals surface area contributed by atoms with Crippen LogP contribution in [0, 0.1) is 6.92 Å². The van der Waals surface area contributed by atoms with Gasteiger partial charge in [-0.3, -0.25) is 9.48 Å². The number of pyridine rings is 1. The third-order valence-corrected chi connectivity index (χ3v) is 6.21. The van der Waals surface area contributed by atoms with Crippen LogP contribution >= 0.6 is 11.3 Å². The molecule has 0 unspecified atom stereocenters. The van der Waals surface area contributed by atoms with Gasteiger partial charge in [0.15, 0.2) is 5.65 Å². The van der Waals surface area contributed by atoms with Crippen molar-refractivity contribution in [2.24, 2.45) is 7.05 Å². The Balaban J connectivity index is 1.68. The normalized spacial score (nSPS) is 13.4. The number of rotatable bonds is 4. The lowest BCUT2D eigenvalue weighted by atomic mass is 9.95. The lowest BCUT2D eigenvalue weighted by Gasteiger charge is -2.12. The zero-order valence-electron chi connectivity index (χ0n) is 16.2. The molecule has 4 rings (SSSR count). The number of nitrogens with zero attached hydrogens (tertiary/aromatic N) is 3. The minimum atomic E-state index is -0.367. The number of anilines is 1. The number of amides is 1. The molecule has 0 radical (unpaired) electrons. The molecule has 0 fully saturated rings. The highest BCUT2D eigenvalue weighted by Crippen LogP contribution is 2.38. The zero-order valence-corrected chi connectivity index (χ0v) is 17.0. The predicted octanol–water partition coefficient (Wildman–Crippen LogP) is 3.65. The molecular weight excluding hydrogens is 376 g/mol. The Hall–Kier alpha value is -2.74. The lowest BCUT2D eigenvalue weighted by Crippen LogP contribution is -2.16. The van der Waals surface area contributed by atoms with E-state index in [0.717, 1.165) is 48.0 Å². The lowest BCUT2D eigenvalue weighted by molar-refractivity contribution is 0.0526. The first-order valence-electron chi connectivity index (χ1n) is 9.42. The molecular formula is C20H22N4O3S. The smallest absolute Gasteiger partial charge is 0.341 e. The van der Waals surface area contributed by atoms with Gasteiger partial charge in [-0.15, -0.1) is 11.3 Å². The second-order valence-corrected chi connectivity index (χ2v) is 8.00. The maximum absolute atomic E-state index is 12.9. The summed E-state index contributed by atoms with van der Waals surface area (Å²) in [6, 6.07) is 1.79. The van der Waals surface area contributed by atoms with Gasteiger partial charge in [0.1, 0.15) is 5.00 Å². The van der Waals surface area contributed by atoms with Crippen LogP contribution in [0.1, 0.15) is 56.6 Å². The summed E-state index contributed by atoms with van der Waals surface area (Å²) in [4.78, 5) is 31.0. The minimum absolute atomic E-state index is 0.290. The van der Waals surface area contributed by atoms with E-state index in [-0.39, 0.29) is 11.9 Å². The van der Waals surface area contributed by atoms with Crippen molar-refractivity contribution in [3.63, 3.8) is 0 Å². The summed E-state index contributed by atoms with van der Waals surface area (Å²) in [5.41, 5.74) is 3.53. The molecule has 1 N–H and O–H groups in total. The molecule has 28 heavy (non-hydrogen) atoms. The standard InChI is InChI=1S/C20H22N4O3S/c1-4-27-20(26)16-13-7-5-6-8-15(13)28-19(16)22-18(25)12-9-14-11(2)23-24(3)17(14)21-10-12/h9-10H,4-8H2,1-3H3,(H,22,25). The number of hydrogen-bond acceptors (Lipinski definition) is 6. The maximum atomic E-state index is 12.9. The summed E-state index contributed by atoms with van der Waals surface area (Å²) in [6.07, 6.45) is 5.47. The van der Waals surface area contributed by atoms with E-state index < -0.39 is 0 Å². The van der Waals surface area contributed by atoms with E-state index in [4.69, 9.17) is 4.74 Å². The van der Waals surface area contributed by atoms with E-state index in [1.807, 2.05) is 14.0 Å². The number of thiophene rings is 1. The van der Waals surface area contributed by atoms with Gasteiger partial charge < -0.3 is 10.1 Å². The Morgan fingerprint density at radius 1 is 1.32 bits per heavy atom. The monoisotopic (exact) mass is 398 g/mol. The average Bonchev–Trinajstić information content (AvgIpc) is 3.18. The van der Waals surface area contributed by atoms with Crippen LogP contribution in [0.3, 0.4) is 0 Å². The summed E-state index contributed by atoms with van der Waals surface area (Å²) >= 11 is 1.48. The van der Waals surface area contributed by atoms with Gasteiger partial charge in [-0.1, -0.05) is 0 Å². The molecule has 3 aromatic heterocycles. The molecule has 1 aliphatic carbocycles. The maximum Gasteiger partial charge on any atom is 0.341 e. The van der Waals surface area contributed by atoms with E-state index in [9.17, 15) is 9.59 Å². The molecule has 0 aliphatic heterocycles. The molecule has 0 aromatic carbocycles. The van der Waals surface area contributed by atoms with Crippen LogP contribution in [0.15, 0.2) is 12.3 Å². The summed E-state index contributed by atoms with van der Waals surface area (Å²) in [6.45, 7) is 3.97. The van der Waals surface area contributed by atoms with E-state index in [2.05, 4.69) is 15.4 Å². The molecule has 3 heterocycles. The fourth-order valence-electron chi connectivity index (χ4n) is 3.68. The fraction of sp³-hybridized carbons (Fsp3) is 0.400. The van der Waals surface area contributed by atoms with Crippen LogP contribution < -0.4 is 5.32 Å². The first-order valence-corrected chi connectivity index (χ1v) is 10.2. The van der Waals surface area contributed by atoms with Crippen molar-refractivity contribution >= 4 is 39.2 Å². The van der Waals surface area contributed by atoms with Gasteiger partial charge in [0.2, 0.25) is 0 Å². The minimum Gasteiger partial charge on any atom is -0.462 e. The Morgan fingerprint density at radius 2 is 2.11 bits per heavy atom. The third-order valence-electron chi connectivity index (χ3n) is 5.00. The Bertz CT molecular complexity index is 1080. The van der Waals surface area contributed by atoms with Crippen molar-refractivity contribution in [2.45, 2.75) is 39.5 Å². The average molecular weight is 398 g/mol. The van der Waals surface area contributed by atoms with E-state index in [1.54, 1.807) is 17.7 Å². The molecule has 0 spiro atoms. The number of carbonyl (C=O) groups is 2. The summed E-state index contributed by atoms with van der Waals surface area (Å²) < 4.78 is 6.94. The summed E-state index contributed by atoms with van der Waals surface area (Å²) in [7, 11) is 1.82. The van der Waals surface area contributed by atoms with Crippen molar-refractivity contribution < 1.29 is 14.3 Å². The summed E-state index contributed by atoms with van der Waals surface area (Å²) in [5, 5.41) is 8.67. The highest BCUT2D eigenvalue weighted by atomic mass is 32.1. The second-order valence-electron chi connectivity index (χ2n) is 6.89. The van der Waals surface area contributed by atoms with Crippen LogP contribution in [-0.4, -0.2) is 33.2 Å². The van der Waals surface area contributed by atoms with Gasteiger partial charge >= 0.3 is 5.97 Å². The Kier molecular flexibility index (Phi) is 4.89. The molecule has 1 amide bonds. The number of esters is 1. The SMILES string of the molecule is CCOC(=O)c1c(NC(=O)c2cnc3c(c2)c(C)nn3C)sc2c1CCCC2. The molecule has 1 aliphatic rings. The van der Waals surface area contributed by atoms with Gasteiger partial charge in [-0.05, 0) is 51.2 Å². The third kappa shape index (κ3) is 3.17. The Labute approximate surface area is 166 Å². The van der Waals surface area contributed by atoms with Gasteiger partial charge in [-0.25, -0.2) is 9.78 Å². The second kappa shape index (κ2) is 7.35. The molecule has 0 atom stereocenters. The number of carbonyl (C=O) groups excluding carboxylic acids is 2. The van der Waals surface area contributed by atoms with E-state index >= 15 is 0 Å². The highest BCUT2D eigenvalue weighted by molar-refractivity contribution is 7.17. The molecule has 3 aromatic rings. The van der Waals surface area contributed by atoms with Crippen LogP contribution in [0.5, 0.6) is 0 Å². The highest BCUT2D eigenvalue weighted by Gasteiger charge is 2.27. The first kappa shape index (κ1) is 18.6. The number of aryl methyl sites for hydroxylation is 3. The fourth-order valence-corrected chi connectivity index (χ4v) is 4.95. The number of fused-ring (bicyclic) bond motifs is 2. The predicted molar refractivity (Wildman–Crippen MR) is 108 cm³/mol. The largest absolute Gasteiger partial charge is 0.462 e. The van der Waals surface area contributed by atoms with Crippen molar-refractivity contribution in [3.8, 4) is 0 Å². The van der Waals surface area contributed by atoms with Gasteiger partial charge in [0.25, 0.3) is 5.91 Å². The van der Waals surface area contributed by atoms with Crippen molar-refractivity contribution in [3.05, 3.63) is 39.5 Å². The molecule has 7 nitrogen and oxygen atoms in total. The van der Waals surface area contributed by atoms with Crippen LogP contribution in [0.2, 0.25) is 0 Å². The number of aromatic nitrogens is 3. The zero-order chi connectivity index (χ0) is 19.8. The molecule has 146 valence electrons. The van der Waals surface area contributed by atoms with Crippen LogP contribution in [0.25, 0.3) is 11.0 Å². The number of nitrogens with one attached hydrogen (secondary N) is 1. The molecule has 0 saturated carbocycles. The Morgan fingerprint density at radius 3 is 2.89 bits per heavy atom. The van der Waals surface area contributed by atoms with Crippen LogP contribution in [0.4, 0.5) is 5.00 Å². The van der Waals surface area contributed by atoms with Gasteiger partial charge in [0, 0.05) is 23.5 Å².